The predicted octanol–water partition coefficient (Wildman–Crippen LogP) is 2.77. The maximum atomic E-state index is 13.0. The Morgan fingerprint density at radius 3 is 2.75 bits per heavy atom. The van der Waals surface area contributed by atoms with Crippen LogP contribution in [-0.4, -0.2) is 0 Å². The number of halogens is 1. The zero-order chi connectivity index (χ0) is 9.14. The molecule has 1 aromatic rings. The lowest BCUT2D eigenvalue weighted by atomic mass is 10.1. The molecule has 0 aliphatic carbocycles. The number of allylic oxidation sites excluding steroid dienone is 1. The minimum Gasteiger partial charge on any atom is -0.399 e. The summed E-state index contributed by atoms with van der Waals surface area (Å²) in [4.78, 5) is 0. The smallest absolute Gasteiger partial charge is 0.143 e. The second-order valence-corrected chi connectivity index (χ2v) is 2.75. The molecule has 1 nitrogen and oxygen atoms in total. The Morgan fingerprint density at radius 2 is 2.25 bits per heavy atom. The molecule has 12 heavy (non-hydrogen) atoms. The largest absolute Gasteiger partial charge is 0.399 e. The Hall–Kier alpha value is -1.31. The van der Waals surface area contributed by atoms with Crippen molar-refractivity contribution in [3.63, 3.8) is 0 Å². The summed E-state index contributed by atoms with van der Waals surface area (Å²) in [6, 6.07) is 5.17. The van der Waals surface area contributed by atoms with Crippen molar-refractivity contribution in [3.8, 4) is 0 Å². The summed E-state index contributed by atoms with van der Waals surface area (Å²) in [5.41, 5.74) is 7.77. The number of aryl methyl sites for hydroxylation is 1. The van der Waals surface area contributed by atoms with Crippen molar-refractivity contribution in [2.75, 3.05) is 5.73 Å². The first kappa shape index (κ1) is 8.78. The highest BCUT2D eigenvalue weighted by molar-refractivity contribution is 5.49. The van der Waals surface area contributed by atoms with Crippen molar-refractivity contribution in [3.05, 3.63) is 42.0 Å². The fourth-order valence-electron chi connectivity index (χ4n) is 0.967. The van der Waals surface area contributed by atoms with Crippen molar-refractivity contribution in [1.29, 1.82) is 0 Å². The quantitative estimate of drug-likeness (QED) is 0.529. The number of benzene rings is 1. The fourth-order valence-corrected chi connectivity index (χ4v) is 0.967. The third-order valence-corrected chi connectivity index (χ3v) is 1.83. The highest BCUT2D eigenvalue weighted by atomic mass is 19.1. The van der Waals surface area contributed by atoms with Crippen LogP contribution >= 0.6 is 0 Å². The van der Waals surface area contributed by atoms with E-state index < -0.39 is 6.17 Å². The second kappa shape index (κ2) is 3.39. The molecule has 1 unspecified atom stereocenters. The molecule has 0 bridgehead atoms. The Balaban J connectivity index is 3.04. The molecule has 0 fully saturated rings. The number of alkyl halides is 1. The lowest BCUT2D eigenvalue weighted by molar-refractivity contribution is 0.415. The number of nitrogen functional groups attached to an aromatic ring is 1. The second-order valence-electron chi connectivity index (χ2n) is 2.75. The first-order chi connectivity index (χ1) is 5.65. The van der Waals surface area contributed by atoms with Crippen molar-refractivity contribution in [2.24, 2.45) is 0 Å². The third-order valence-electron chi connectivity index (χ3n) is 1.83. The molecular weight excluding hydrogens is 153 g/mol. The molecule has 0 spiro atoms. The molecule has 0 radical (unpaired) electrons. The van der Waals surface area contributed by atoms with Crippen LogP contribution in [0.3, 0.4) is 0 Å². The van der Waals surface area contributed by atoms with E-state index in [1.165, 1.54) is 6.08 Å². The summed E-state index contributed by atoms with van der Waals surface area (Å²) in [6.45, 7) is 5.26. The molecular formula is C10H12FN. The Labute approximate surface area is 71.7 Å². The predicted molar refractivity (Wildman–Crippen MR) is 49.6 cm³/mol. The molecule has 0 amide bonds. The maximum Gasteiger partial charge on any atom is 0.143 e. The van der Waals surface area contributed by atoms with E-state index >= 15 is 0 Å². The zero-order valence-corrected chi connectivity index (χ0v) is 7.05. The summed E-state index contributed by atoms with van der Waals surface area (Å²) in [5, 5.41) is 0. The van der Waals surface area contributed by atoms with E-state index in [0.717, 1.165) is 5.56 Å². The van der Waals surface area contributed by atoms with Gasteiger partial charge in [-0.3, -0.25) is 0 Å². The Morgan fingerprint density at radius 1 is 1.58 bits per heavy atom. The Bertz CT molecular complexity index is 294. The standard InChI is InChI=1S/C10H12FN/c1-3-9(11)8-5-4-7(2)10(12)6-8/h3-6,9H,1,12H2,2H3. The van der Waals surface area contributed by atoms with Crippen LogP contribution in [-0.2, 0) is 0 Å². The number of nitrogens with two attached hydrogens (primary N) is 1. The molecule has 0 saturated carbocycles. The van der Waals surface area contributed by atoms with E-state index in [1.54, 1.807) is 18.2 Å². The molecule has 0 aromatic heterocycles. The van der Waals surface area contributed by atoms with Crippen LogP contribution in [0.4, 0.5) is 10.1 Å². The van der Waals surface area contributed by atoms with Crippen LogP contribution in [0.5, 0.6) is 0 Å². The lowest BCUT2D eigenvalue weighted by Gasteiger charge is -2.05. The van der Waals surface area contributed by atoms with Crippen LogP contribution in [0.15, 0.2) is 30.9 Å². The van der Waals surface area contributed by atoms with E-state index in [0.29, 0.717) is 11.3 Å². The zero-order valence-electron chi connectivity index (χ0n) is 7.05. The summed E-state index contributed by atoms with van der Waals surface area (Å²) < 4.78 is 13.0. The fraction of sp³-hybridized carbons (Fsp3) is 0.200. The highest BCUT2D eigenvalue weighted by Gasteiger charge is 2.05. The monoisotopic (exact) mass is 165 g/mol. The topological polar surface area (TPSA) is 26.0 Å². The normalized spacial score (nSPS) is 12.5. The summed E-state index contributed by atoms with van der Waals surface area (Å²) in [6.07, 6.45) is 0.136. The molecule has 1 rings (SSSR count). The first-order valence-electron chi connectivity index (χ1n) is 3.78. The highest BCUT2D eigenvalue weighted by Crippen LogP contribution is 2.22. The van der Waals surface area contributed by atoms with E-state index in [9.17, 15) is 4.39 Å². The van der Waals surface area contributed by atoms with Crippen LogP contribution in [0.25, 0.3) is 0 Å². The summed E-state index contributed by atoms with van der Waals surface area (Å²) >= 11 is 0. The van der Waals surface area contributed by atoms with Gasteiger partial charge >= 0.3 is 0 Å². The first-order valence-corrected chi connectivity index (χ1v) is 3.78. The molecule has 0 aliphatic heterocycles. The van der Waals surface area contributed by atoms with E-state index in [-0.39, 0.29) is 0 Å². The van der Waals surface area contributed by atoms with Gasteiger partial charge in [0.2, 0.25) is 0 Å². The minimum atomic E-state index is -1.12. The number of rotatable bonds is 2. The molecule has 64 valence electrons. The molecule has 0 saturated heterocycles. The van der Waals surface area contributed by atoms with Crippen LogP contribution in [0.1, 0.15) is 17.3 Å². The molecule has 1 atom stereocenters. The SMILES string of the molecule is C=CC(F)c1ccc(C)c(N)c1. The average Bonchev–Trinajstić information content (AvgIpc) is 2.08. The van der Waals surface area contributed by atoms with E-state index in [1.807, 2.05) is 6.92 Å². The third kappa shape index (κ3) is 1.64. The van der Waals surface area contributed by atoms with Crippen LogP contribution in [0, 0.1) is 6.92 Å². The molecule has 1 aromatic carbocycles. The number of hydrogen-bond donors (Lipinski definition) is 1. The van der Waals surface area contributed by atoms with Gasteiger partial charge in [0.25, 0.3) is 0 Å². The van der Waals surface area contributed by atoms with Crippen molar-refractivity contribution >= 4 is 5.69 Å². The van der Waals surface area contributed by atoms with Crippen molar-refractivity contribution in [2.45, 2.75) is 13.1 Å². The minimum absolute atomic E-state index is 0.563. The molecule has 2 heteroatoms. The van der Waals surface area contributed by atoms with Gasteiger partial charge in [-0.25, -0.2) is 4.39 Å². The Kier molecular flexibility index (Phi) is 2.48. The maximum absolute atomic E-state index is 13.0. The summed E-state index contributed by atoms with van der Waals surface area (Å²) in [5.74, 6) is 0. The lowest BCUT2D eigenvalue weighted by Crippen LogP contribution is -1.93. The van der Waals surface area contributed by atoms with Crippen LogP contribution < -0.4 is 5.73 Å². The molecule has 0 heterocycles. The average molecular weight is 165 g/mol. The van der Waals surface area contributed by atoms with Crippen LogP contribution in [0.2, 0.25) is 0 Å². The molecule has 0 aliphatic rings. The van der Waals surface area contributed by atoms with Gasteiger partial charge in [-0.2, -0.15) is 0 Å². The van der Waals surface area contributed by atoms with E-state index in [4.69, 9.17) is 5.73 Å². The van der Waals surface area contributed by atoms with E-state index in [2.05, 4.69) is 6.58 Å². The van der Waals surface area contributed by atoms with Gasteiger partial charge in [0.1, 0.15) is 6.17 Å². The number of anilines is 1. The van der Waals surface area contributed by atoms with Gasteiger partial charge in [-0.05, 0) is 24.1 Å². The van der Waals surface area contributed by atoms with Gasteiger partial charge < -0.3 is 5.73 Å². The van der Waals surface area contributed by atoms with Gasteiger partial charge in [0, 0.05) is 5.69 Å². The van der Waals surface area contributed by atoms with Gasteiger partial charge in [0.05, 0.1) is 0 Å². The summed E-state index contributed by atoms with van der Waals surface area (Å²) in [7, 11) is 0. The number of hydrogen-bond acceptors (Lipinski definition) is 1. The van der Waals surface area contributed by atoms with Gasteiger partial charge in [-0.1, -0.05) is 24.8 Å². The van der Waals surface area contributed by atoms with Crippen molar-refractivity contribution in [1.82, 2.24) is 0 Å². The van der Waals surface area contributed by atoms with Gasteiger partial charge in [0.15, 0.2) is 0 Å². The van der Waals surface area contributed by atoms with Crippen molar-refractivity contribution < 1.29 is 4.39 Å². The molecule has 2 N–H and O–H groups in total. The van der Waals surface area contributed by atoms with Gasteiger partial charge in [-0.15, -0.1) is 0 Å².